The Bertz CT molecular complexity index is 1360. The molecule has 35 heavy (non-hydrogen) atoms. The van der Waals surface area contributed by atoms with Crippen molar-refractivity contribution in [3.8, 4) is 0 Å². The smallest absolute Gasteiger partial charge is 0.255 e. The molecule has 0 atom stereocenters. The highest BCUT2D eigenvalue weighted by atomic mass is 32.1. The van der Waals surface area contributed by atoms with Crippen LogP contribution in [-0.4, -0.2) is 47.2 Å². The Morgan fingerprint density at radius 1 is 1.11 bits per heavy atom. The lowest BCUT2D eigenvalue weighted by atomic mass is 10.1. The van der Waals surface area contributed by atoms with Crippen molar-refractivity contribution in [1.29, 1.82) is 0 Å². The summed E-state index contributed by atoms with van der Waals surface area (Å²) in [4.78, 5) is 39.3. The molecule has 3 heterocycles. The number of nitrogens with zero attached hydrogens (tertiary/aromatic N) is 3. The van der Waals surface area contributed by atoms with E-state index in [1.165, 1.54) is 4.70 Å². The molecule has 1 saturated heterocycles. The van der Waals surface area contributed by atoms with Crippen LogP contribution in [0, 0.1) is 6.92 Å². The summed E-state index contributed by atoms with van der Waals surface area (Å²) in [7, 11) is 0. The molecule has 1 aliphatic heterocycles. The zero-order valence-electron chi connectivity index (χ0n) is 19.5. The number of fused-ring (bicyclic) bond motifs is 1. The van der Waals surface area contributed by atoms with Gasteiger partial charge in [0.05, 0.1) is 28.4 Å². The Morgan fingerprint density at radius 3 is 2.63 bits per heavy atom. The lowest BCUT2D eigenvalue weighted by Crippen LogP contribution is -2.38. The third kappa shape index (κ3) is 5.58. The number of morpholine rings is 1. The lowest BCUT2D eigenvalue weighted by molar-refractivity contribution is -0.116. The average Bonchev–Trinajstić information content (AvgIpc) is 3.27. The first-order valence-corrected chi connectivity index (χ1v) is 12.5. The van der Waals surface area contributed by atoms with E-state index >= 15 is 0 Å². The van der Waals surface area contributed by atoms with Crippen LogP contribution < -0.4 is 15.8 Å². The van der Waals surface area contributed by atoms with Gasteiger partial charge in [0.2, 0.25) is 11.9 Å². The van der Waals surface area contributed by atoms with Crippen molar-refractivity contribution in [3.05, 3.63) is 80.7 Å². The predicted molar refractivity (Wildman–Crippen MR) is 138 cm³/mol. The minimum Gasteiger partial charge on any atom is -0.378 e. The first kappa shape index (κ1) is 23.2. The summed E-state index contributed by atoms with van der Waals surface area (Å²) in [6.07, 6.45) is 1.29. The van der Waals surface area contributed by atoms with Crippen LogP contribution in [-0.2, 0) is 22.4 Å². The quantitative estimate of drug-likeness (QED) is 0.411. The van der Waals surface area contributed by atoms with Crippen molar-refractivity contribution < 1.29 is 9.53 Å². The standard InChI is InChI=1S/C26H27N5O3S/c1-17-20(25(33)30-26(27-17)31-12-14-34-15-13-31)10-11-23(32)28-19-8-6-18(7-9-19)16-24-29-21-4-2-3-5-22(21)35-24/h2-9H,10-16H2,1H3,(H,28,32)(H,27,30,33). The minimum absolute atomic E-state index is 0.139. The molecule has 1 aliphatic rings. The van der Waals surface area contributed by atoms with Gasteiger partial charge in [-0.1, -0.05) is 24.3 Å². The molecule has 0 spiro atoms. The molecule has 2 N–H and O–H groups in total. The zero-order valence-corrected chi connectivity index (χ0v) is 20.4. The maximum atomic E-state index is 12.6. The molecule has 1 amide bonds. The Hall–Kier alpha value is -3.56. The van der Waals surface area contributed by atoms with Gasteiger partial charge in [0.25, 0.3) is 5.56 Å². The van der Waals surface area contributed by atoms with E-state index in [0.717, 1.165) is 28.2 Å². The van der Waals surface area contributed by atoms with E-state index in [-0.39, 0.29) is 17.9 Å². The molecule has 180 valence electrons. The molecule has 2 aromatic carbocycles. The summed E-state index contributed by atoms with van der Waals surface area (Å²) >= 11 is 1.70. The number of carbonyl (C=O) groups is 1. The van der Waals surface area contributed by atoms with E-state index < -0.39 is 0 Å². The number of carbonyl (C=O) groups excluding carboxylic acids is 1. The fraction of sp³-hybridized carbons (Fsp3) is 0.308. The van der Waals surface area contributed by atoms with Crippen LogP contribution in [0.25, 0.3) is 10.2 Å². The van der Waals surface area contributed by atoms with Crippen molar-refractivity contribution in [3.63, 3.8) is 0 Å². The largest absolute Gasteiger partial charge is 0.378 e. The van der Waals surface area contributed by atoms with Crippen molar-refractivity contribution in [2.45, 2.75) is 26.2 Å². The van der Waals surface area contributed by atoms with Gasteiger partial charge in [-0.05, 0) is 43.2 Å². The second-order valence-corrected chi connectivity index (χ2v) is 9.67. The Morgan fingerprint density at radius 2 is 1.89 bits per heavy atom. The summed E-state index contributed by atoms with van der Waals surface area (Å²) in [5, 5.41) is 3.99. The summed E-state index contributed by atoms with van der Waals surface area (Å²) in [6, 6.07) is 15.9. The molecular weight excluding hydrogens is 462 g/mol. The van der Waals surface area contributed by atoms with Crippen LogP contribution >= 0.6 is 11.3 Å². The molecule has 1 fully saturated rings. The number of ether oxygens (including phenoxy) is 1. The Balaban J connectivity index is 1.16. The van der Waals surface area contributed by atoms with Crippen LogP contribution in [0.5, 0.6) is 0 Å². The molecule has 4 aromatic rings. The van der Waals surface area contributed by atoms with Gasteiger partial charge in [0, 0.05) is 42.9 Å². The third-order valence-electron chi connectivity index (χ3n) is 6.05. The van der Waals surface area contributed by atoms with Crippen molar-refractivity contribution >= 4 is 39.1 Å². The van der Waals surface area contributed by atoms with Gasteiger partial charge in [0.15, 0.2) is 0 Å². The second kappa shape index (κ2) is 10.4. The number of hydrogen-bond acceptors (Lipinski definition) is 7. The molecule has 9 heteroatoms. The summed E-state index contributed by atoms with van der Waals surface area (Å²) in [5.74, 6) is 0.426. The monoisotopic (exact) mass is 489 g/mol. The summed E-state index contributed by atoms with van der Waals surface area (Å²) in [6.45, 7) is 4.45. The van der Waals surface area contributed by atoms with E-state index in [1.807, 2.05) is 54.3 Å². The van der Waals surface area contributed by atoms with Crippen LogP contribution in [0.3, 0.4) is 0 Å². The van der Waals surface area contributed by atoms with Gasteiger partial charge in [-0.15, -0.1) is 11.3 Å². The Kier molecular flexibility index (Phi) is 6.87. The first-order chi connectivity index (χ1) is 17.0. The highest BCUT2D eigenvalue weighted by molar-refractivity contribution is 7.18. The van der Waals surface area contributed by atoms with Gasteiger partial charge in [-0.2, -0.15) is 0 Å². The third-order valence-corrected chi connectivity index (χ3v) is 7.09. The van der Waals surface area contributed by atoms with Gasteiger partial charge in [-0.3, -0.25) is 14.6 Å². The second-order valence-electron chi connectivity index (χ2n) is 8.55. The van der Waals surface area contributed by atoms with E-state index in [9.17, 15) is 9.59 Å². The number of nitrogens with one attached hydrogen (secondary N) is 2. The van der Waals surface area contributed by atoms with E-state index in [0.29, 0.717) is 49.9 Å². The highest BCUT2D eigenvalue weighted by Crippen LogP contribution is 2.24. The van der Waals surface area contributed by atoms with Crippen LogP contribution in [0.15, 0.2) is 53.3 Å². The molecule has 2 aromatic heterocycles. The number of benzene rings is 2. The number of aryl methyl sites for hydroxylation is 1. The summed E-state index contributed by atoms with van der Waals surface area (Å²) < 4.78 is 6.54. The number of anilines is 2. The van der Waals surface area contributed by atoms with Crippen LogP contribution in [0.1, 0.15) is 28.2 Å². The predicted octanol–water partition coefficient (Wildman–Crippen LogP) is 3.69. The maximum Gasteiger partial charge on any atom is 0.255 e. The van der Waals surface area contributed by atoms with Crippen LogP contribution in [0.4, 0.5) is 11.6 Å². The van der Waals surface area contributed by atoms with E-state index in [2.05, 4.69) is 26.3 Å². The van der Waals surface area contributed by atoms with Gasteiger partial charge >= 0.3 is 0 Å². The molecule has 0 bridgehead atoms. The van der Waals surface area contributed by atoms with E-state index in [1.54, 1.807) is 11.3 Å². The van der Waals surface area contributed by atoms with Crippen LogP contribution in [0.2, 0.25) is 0 Å². The van der Waals surface area contributed by atoms with Gasteiger partial charge < -0.3 is 15.0 Å². The topological polar surface area (TPSA) is 100 Å². The van der Waals surface area contributed by atoms with E-state index in [4.69, 9.17) is 4.74 Å². The fourth-order valence-electron chi connectivity index (χ4n) is 4.15. The molecule has 8 nitrogen and oxygen atoms in total. The van der Waals surface area contributed by atoms with Crippen molar-refractivity contribution in [2.75, 3.05) is 36.5 Å². The number of aromatic nitrogens is 3. The zero-order chi connectivity index (χ0) is 24.2. The normalized spacial score (nSPS) is 13.8. The number of aromatic amines is 1. The molecule has 0 radical (unpaired) electrons. The molecular formula is C26H27N5O3S. The number of H-pyrrole nitrogens is 1. The molecule has 5 rings (SSSR count). The number of thiazole rings is 1. The van der Waals surface area contributed by atoms with Crippen molar-refractivity contribution in [1.82, 2.24) is 15.0 Å². The highest BCUT2D eigenvalue weighted by Gasteiger charge is 2.17. The SMILES string of the molecule is Cc1nc(N2CCOCC2)[nH]c(=O)c1CCC(=O)Nc1ccc(Cc2nc3ccccc3s2)cc1. The molecule has 0 saturated carbocycles. The summed E-state index contributed by atoms with van der Waals surface area (Å²) in [5.41, 5.74) is 3.90. The lowest BCUT2D eigenvalue weighted by Gasteiger charge is -2.27. The number of rotatable bonds is 7. The Labute approximate surface area is 207 Å². The van der Waals surface area contributed by atoms with Gasteiger partial charge in [0.1, 0.15) is 0 Å². The average molecular weight is 490 g/mol. The first-order valence-electron chi connectivity index (χ1n) is 11.7. The van der Waals surface area contributed by atoms with Gasteiger partial charge in [-0.25, -0.2) is 9.97 Å². The number of amides is 1. The molecule has 0 aliphatic carbocycles. The number of hydrogen-bond donors (Lipinski definition) is 2. The molecule has 0 unspecified atom stereocenters. The minimum atomic E-state index is -0.189. The maximum absolute atomic E-state index is 12.6. The number of para-hydroxylation sites is 1. The van der Waals surface area contributed by atoms with Crippen molar-refractivity contribution in [2.24, 2.45) is 0 Å². The fourth-order valence-corrected chi connectivity index (χ4v) is 5.15.